The zero-order valence-electron chi connectivity index (χ0n) is 12.8. The van der Waals surface area contributed by atoms with E-state index in [1.165, 1.54) is 11.4 Å². The van der Waals surface area contributed by atoms with Crippen LogP contribution in [0.2, 0.25) is 0 Å². The Kier molecular flexibility index (Phi) is 4.88. The van der Waals surface area contributed by atoms with Crippen LogP contribution in [0, 0.1) is 0 Å². The minimum atomic E-state index is 0.300. The van der Waals surface area contributed by atoms with E-state index in [0.29, 0.717) is 12.3 Å². The summed E-state index contributed by atoms with van der Waals surface area (Å²) in [6.45, 7) is 5.58. The Bertz CT molecular complexity index is 451. The molecule has 0 atom stereocenters. The first-order valence-electron chi connectivity index (χ1n) is 7.42. The van der Waals surface area contributed by atoms with Gasteiger partial charge in [0.2, 0.25) is 5.91 Å². The van der Waals surface area contributed by atoms with Gasteiger partial charge in [-0.1, -0.05) is 13.0 Å². The third kappa shape index (κ3) is 3.44. The van der Waals surface area contributed by atoms with Crippen molar-refractivity contribution in [3.05, 3.63) is 24.3 Å². The molecule has 1 aromatic rings. The summed E-state index contributed by atoms with van der Waals surface area (Å²) in [4.78, 5) is 18.4. The molecule has 0 aromatic heterocycles. The third-order valence-corrected chi connectivity index (χ3v) is 3.81. The van der Waals surface area contributed by atoms with Gasteiger partial charge in [0.25, 0.3) is 0 Å². The van der Waals surface area contributed by atoms with Gasteiger partial charge in [0, 0.05) is 58.1 Å². The summed E-state index contributed by atoms with van der Waals surface area (Å²) in [6, 6.07) is 8.57. The molecule has 0 saturated carbocycles. The summed E-state index contributed by atoms with van der Waals surface area (Å²) in [7, 11) is 4.11. The Morgan fingerprint density at radius 1 is 1.20 bits per heavy atom. The third-order valence-electron chi connectivity index (χ3n) is 3.81. The quantitative estimate of drug-likeness (QED) is 0.843. The minimum absolute atomic E-state index is 0.300. The second-order valence-electron chi connectivity index (χ2n) is 5.53. The SMILES string of the molecule is CCCC(=O)N1CCN(c2cccc(N(C)C)c2)CC1. The van der Waals surface area contributed by atoms with Crippen molar-refractivity contribution in [2.24, 2.45) is 0 Å². The average molecular weight is 275 g/mol. The first-order valence-corrected chi connectivity index (χ1v) is 7.42. The Morgan fingerprint density at radius 2 is 1.90 bits per heavy atom. The normalized spacial score (nSPS) is 15.3. The lowest BCUT2D eigenvalue weighted by molar-refractivity contribution is -0.131. The molecule has 1 fully saturated rings. The van der Waals surface area contributed by atoms with Crippen molar-refractivity contribution < 1.29 is 4.79 Å². The molecule has 0 spiro atoms. The minimum Gasteiger partial charge on any atom is -0.378 e. The van der Waals surface area contributed by atoms with Crippen LogP contribution in [-0.4, -0.2) is 51.1 Å². The van der Waals surface area contributed by atoms with Crippen molar-refractivity contribution in [2.75, 3.05) is 50.1 Å². The molecule has 4 heteroatoms. The fourth-order valence-electron chi connectivity index (χ4n) is 2.55. The molecular weight excluding hydrogens is 250 g/mol. The van der Waals surface area contributed by atoms with Crippen LogP contribution in [-0.2, 0) is 4.79 Å². The second-order valence-corrected chi connectivity index (χ2v) is 5.53. The van der Waals surface area contributed by atoms with Crippen molar-refractivity contribution in [2.45, 2.75) is 19.8 Å². The summed E-state index contributed by atoms with van der Waals surface area (Å²) in [6.07, 6.45) is 1.61. The van der Waals surface area contributed by atoms with Crippen molar-refractivity contribution in [3.8, 4) is 0 Å². The Labute approximate surface area is 122 Å². The number of carbonyl (C=O) groups excluding carboxylic acids is 1. The molecule has 1 amide bonds. The highest BCUT2D eigenvalue weighted by Gasteiger charge is 2.20. The first kappa shape index (κ1) is 14.7. The van der Waals surface area contributed by atoms with Gasteiger partial charge in [-0.3, -0.25) is 4.79 Å². The molecule has 0 bridgehead atoms. The Morgan fingerprint density at radius 3 is 2.50 bits per heavy atom. The van der Waals surface area contributed by atoms with Crippen molar-refractivity contribution in [1.29, 1.82) is 0 Å². The van der Waals surface area contributed by atoms with Crippen LogP contribution in [0.3, 0.4) is 0 Å². The van der Waals surface area contributed by atoms with E-state index in [0.717, 1.165) is 32.6 Å². The molecule has 1 saturated heterocycles. The lowest BCUT2D eigenvalue weighted by Gasteiger charge is -2.36. The van der Waals surface area contributed by atoms with E-state index < -0.39 is 0 Å². The van der Waals surface area contributed by atoms with E-state index in [2.05, 4.69) is 55.1 Å². The highest BCUT2D eigenvalue weighted by Crippen LogP contribution is 2.22. The molecule has 4 nitrogen and oxygen atoms in total. The van der Waals surface area contributed by atoms with Crippen LogP contribution in [0.4, 0.5) is 11.4 Å². The molecule has 2 rings (SSSR count). The second kappa shape index (κ2) is 6.64. The number of hydrogen-bond acceptors (Lipinski definition) is 3. The number of carbonyl (C=O) groups is 1. The van der Waals surface area contributed by atoms with Gasteiger partial charge in [-0.15, -0.1) is 0 Å². The first-order chi connectivity index (χ1) is 9.61. The molecule has 1 aromatic carbocycles. The number of nitrogens with zero attached hydrogens (tertiary/aromatic N) is 3. The van der Waals surface area contributed by atoms with E-state index in [4.69, 9.17) is 0 Å². The molecule has 1 heterocycles. The van der Waals surface area contributed by atoms with Crippen LogP contribution < -0.4 is 9.80 Å². The van der Waals surface area contributed by atoms with E-state index in [1.807, 2.05) is 4.90 Å². The summed E-state index contributed by atoms with van der Waals surface area (Å²) in [5.41, 5.74) is 2.46. The highest BCUT2D eigenvalue weighted by atomic mass is 16.2. The van der Waals surface area contributed by atoms with Gasteiger partial charge in [0.15, 0.2) is 0 Å². The molecule has 0 unspecified atom stereocenters. The summed E-state index contributed by atoms with van der Waals surface area (Å²) >= 11 is 0. The van der Waals surface area contributed by atoms with Crippen LogP contribution in [0.1, 0.15) is 19.8 Å². The van der Waals surface area contributed by atoms with E-state index in [1.54, 1.807) is 0 Å². The molecule has 0 aliphatic carbocycles. The number of benzene rings is 1. The molecular formula is C16H25N3O. The van der Waals surface area contributed by atoms with Crippen molar-refractivity contribution >= 4 is 17.3 Å². The Balaban J connectivity index is 1.97. The fraction of sp³-hybridized carbons (Fsp3) is 0.562. The highest BCUT2D eigenvalue weighted by molar-refractivity contribution is 5.76. The van der Waals surface area contributed by atoms with Crippen molar-refractivity contribution in [1.82, 2.24) is 4.90 Å². The van der Waals surface area contributed by atoms with Gasteiger partial charge in [-0.2, -0.15) is 0 Å². The van der Waals surface area contributed by atoms with Gasteiger partial charge >= 0.3 is 0 Å². The summed E-state index contributed by atoms with van der Waals surface area (Å²) in [5, 5.41) is 0. The van der Waals surface area contributed by atoms with E-state index >= 15 is 0 Å². The van der Waals surface area contributed by atoms with Gasteiger partial charge in [-0.05, 0) is 24.6 Å². The van der Waals surface area contributed by atoms with Gasteiger partial charge in [0.05, 0.1) is 0 Å². The number of piperazine rings is 1. The van der Waals surface area contributed by atoms with Crippen LogP contribution in [0.15, 0.2) is 24.3 Å². The van der Waals surface area contributed by atoms with Crippen LogP contribution >= 0.6 is 0 Å². The molecule has 1 aliphatic heterocycles. The van der Waals surface area contributed by atoms with Gasteiger partial charge in [-0.25, -0.2) is 0 Å². The fourth-order valence-corrected chi connectivity index (χ4v) is 2.55. The lowest BCUT2D eigenvalue weighted by Crippen LogP contribution is -2.48. The molecule has 0 N–H and O–H groups in total. The standard InChI is InChI=1S/C16H25N3O/c1-4-6-16(20)19-11-9-18(10-12-19)15-8-5-7-14(13-15)17(2)3/h5,7-8,13H,4,6,9-12H2,1-3H3. The number of hydrogen-bond donors (Lipinski definition) is 0. The maximum absolute atomic E-state index is 11.9. The number of amides is 1. The van der Waals surface area contributed by atoms with Gasteiger partial charge in [0.1, 0.15) is 0 Å². The van der Waals surface area contributed by atoms with E-state index in [9.17, 15) is 4.79 Å². The predicted octanol–water partition coefficient (Wildman–Crippen LogP) is 2.20. The van der Waals surface area contributed by atoms with Gasteiger partial charge < -0.3 is 14.7 Å². The largest absolute Gasteiger partial charge is 0.378 e. The number of rotatable bonds is 4. The molecule has 20 heavy (non-hydrogen) atoms. The Hall–Kier alpha value is -1.71. The average Bonchev–Trinajstić information content (AvgIpc) is 2.48. The smallest absolute Gasteiger partial charge is 0.222 e. The zero-order valence-corrected chi connectivity index (χ0v) is 12.8. The predicted molar refractivity (Wildman–Crippen MR) is 84.5 cm³/mol. The van der Waals surface area contributed by atoms with Crippen LogP contribution in [0.25, 0.3) is 0 Å². The van der Waals surface area contributed by atoms with Crippen LogP contribution in [0.5, 0.6) is 0 Å². The molecule has 1 aliphatic rings. The lowest BCUT2D eigenvalue weighted by atomic mass is 10.2. The summed E-state index contributed by atoms with van der Waals surface area (Å²) < 4.78 is 0. The monoisotopic (exact) mass is 275 g/mol. The maximum atomic E-state index is 11.9. The molecule has 0 radical (unpaired) electrons. The topological polar surface area (TPSA) is 26.8 Å². The maximum Gasteiger partial charge on any atom is 0.222 e. The van der Waals surface area contributed by atoms with E-state index in [-0.39, 0.29) is 0 Å². The summed E-state index contributed by atoms with van der Waals surface area (Å²) in [5.74, 6) is 0.300. The zero-order chi connectivity index (χ0) is 14.5. The van der Waals surface area contributed by atoms with Crippen molar-refractivity contribution in [3.63, 3.8) is 0 Å². The number of anilines is 2. The molecule has 110 valence electrons.